The van der Waals surface area contributed by atoms with Gasteiger partial charge in [0, 0.05) is 12.2 Å². The molecule has 41 heavy (non-hydrogen) atoms. The van der Waals surface area contributed by atoms with Crippen LogP contribution in [-0.2, 0) is 23.9 Å². The topological polar surface area (TPSA) is 96.4 Å². The lowest BCUT2D eigenvalue weighted by Gasteiger charge is -2.38. The molecule has 8 heteroatoms. The number of carbonyl (C=O) groups excluding carboxylic acids is 3. The van der Waals surface area contributed by atoms with Gasteiger partial charge in [-0.25, -0.2) is 0 Å². The zero-order chi connectivity index (χ0) is 28.1. The van der Waals surface area contributed by atoms with Crippen LogP contribution in [0.4, 0.5) is 5.69 Å². The lowest BCUT2D eigenvalue weighted by molar-refractivity contribution is -0.155. The van der Waals surface area contributed by atoms with Gasteiger partial charge in [-0.2, -0.15) is 0 Å². The van der Waals surface area contributed by atoms with Gasteiger partial charge in [0.15, 0.2) is 0 Å². The highest BCUT2D eigenvalue weighted by Gasteiger charge is 2.72. The van der Waals surface area contributed by atoms with Gasteiger partial charge < -0.3 is 24.4 Å². The number of rotatable bonds is 4. The lowest BCUT2D eigenvalue weighted by Crippen LogP contribution is -2.56. The first-order valence-electron chi connectivity index (χ1n) is 14.0. The highest BCUT2D eigenvalue weighted by molar-refractivity contribution is 6.06. The van der Waals surface area contributed by atoms with Gasteiger partial charge in [-0.1, -0.05) is 85.0 Å². The predicted molar refractivity (Wildman–Crippen MR) is 152 cm³/mol. The maximum absolute atomic E-state index is 14.7. The average molecular weight is 551 g/mol. The van der Waals surface area contributed by atoms with Crippen molar-refractivity contribution < 1.29 is 29.0 Å². The molecule has 208 valence electrons. The van der Waals surface area contributed by atoms with Gasteiger partial charge >= 0.3 is 5.97 Å². The molecule has 0 bridgehead atoms. The number of ether oxygens (including phenoxy) is 2. The number of aliphatic hydroxyl groups is 1. The molecule has 1 N–H and O–H groups in total. The fourth-order valence-corrected chi connectivity index (χ4v) is 6.99. The highest BCUT2D eigenvalue weighted by Crippen LogP contribution is 2.55. The summed E-state index contributed by atoms with van der Waals surface area (Å²) in [5.74, 6) is -3.14. The molecule has 1 unspecified atom stereocenters. The number of likely N-dealkylation sites (tertiary alicyclic amines) is 1. The van der Waals surface area contributed by atoms with Crippen LogP contribution < -0.4 is 4.90 Å². The van der Waals surface area contributed by atoms with Crippen LogP contribution in [0.15, 0.2) is 97.1 Å². The maximum atomic E-state index is 14.7. The second-order valence-electron chi connectivity index (χ2n) is 11.0. The molecule has 6 atom stereocenters. The van der Waals surface area contributed by atoms with Crippen molar-refractivity contribution in [2.75, 3.05) is 24.7 Å². The van der Waals surface area contributed by atoms with Gasteiger partial charge in [0.05, 0.1) is 31.3 Å². The number of benzene rings is 3. The molecule has 4 aliphatic rings. The Bertz CT molecular complexity index is 1580. The molecule has 2 fully saturated rings. The number of cyclic esters (lactones) is 1. The Labute approximate surface area is 237 Å². The van der Waals surface area contributed by atoms with Gasteiger partial charge in [0.25, 0.3) is 5.91 Å². The number of anilines is 1. The smallest absolute Gasteiger partial charge is 0.312 e. The first kappa shape index (κ1) is 25.7. The van der Waals surface area contributed by atoms with E-state index in [1.807, 2.05) is 91.0 Å². The second kappa shape index (κ2) is 9.98. The summed E-state index contributed by atoms with van der Waals surface area (Å²) in [7, 11) is 0. The van der Waals surface area contributed by atoms with E-state index in [4.69, 9.17) is 9.47 Å². The van der Waals surface area contributed by atoms with E-state index in [1.54, 1.807) is 11.0 Å². The first-order valence-corrected chi connectivity index (χ1v) is 14.0. The monoisotopic (exact) mass is 550 g/mol. The van der Waals surface area contributed by atoms with E-state index in [2.05, 4.69) is 0 Å². The molecule has 3 aromatic carbocycles. The number of hydrogen-bond acceptors (Lipinski definition) is 6. The van der Waals surface area contributed by atoms with Crippen molar-refractivity contribution in [1.29, 1.82) is 0 Å². The van der Waals surface area contributed by atoms with Crippen LogP contribution in [0.2, 0.25) is 0 Å². The summed E-state index contributed by atoms with van der Waals surface area (Å²) in [6, 6.07) is 21.0. The Hall–Kier alpha value is -4.27. The van der Waals surface area contributed by atoms with Crippen LogP contribution in [0, 0.1) is 11.8 Å². The fraction of sp³-hybridized carbons (Fsp3) is 0.303. The first-order chi connectivity index (χ1) is 20.0. The summed E-state index contributed by atoms with van der Waals surface area (Å²) < 4.78 is 12.2. The molecule has 0 aliphatic carbocycles. The SMILES string of the molecule is O=C1OCCC=C[C@@H]2O[C@]34C=CCN(c5ccc6ccccc6c5)C(=O)C3N([C@H](CO)c3ccccc3)C(=O)[C@@H]4[C@H]12. The quantitative estimate of drug-likeness (QED) is 0.394. The predicted octanol–water partition coefficient (Wildman–Crippen LogP) is 3.56. The van der Waals surface area contributed by atoms with Crippen LogP contribution in [0.1, 0.15) is 18.0 Å². The molecule has 1 spiro atoms. The highest BCUT2D eigenvalue weighted by atomic mass is 16.6. The summed E-state index contributed by atoms with van der Waals surface area (Å²) in [5.41, 5.74) is -0.0337. The largest absolute Gasteiger partial charge is 0.465 e. The van der Waals surface area contributed by atoms with Crippen LogP contribution >= 0.6 is 0 Å². The van der Waals surface area contributed by atoms with E-state index in [9.17, 15) is 19.5 Å². The molecule has 0 saturated carbocycles. The van der Waals surface area contributed by atoms with Crippen LogP contribution in [-0.4, -0.2) is 65.3 Å². The number of hydrogen-bond donors (Lipinski definition) is 1. The van der Waals surface area contributed by atoms with Crippen molar-refractivity contribution in [2.45, 2.75) is 30.2 Å². The summed E-state index contributed by atoms with van der Waals surface area (Å²) in [6.45, 7) is 0.0755. The molecule has 4 heterocycles. The Balaban J connectivity index is 1.38. The molecule has 2 saturated heterocycles. The number of nitrogens with zero attached hydrogens (tertiary/aromatic N) is 2. The van der Waals surface area contributed by atoms with E-state index >= 15 is 0 Å². The second-order valence-corrected chi connectivity index (χ2v) is 11.0. The Morgan fingerprint density at radius 1 is 0.927 bits per heavy atom. The van der Waals surface area contributed by atoms with Gasteiger partial charge in [0.1, 0.15) is 17.6 Å². The third-order valence-corrected chi connectivity index (χ3v) is 8.80. The van der Waals surface area contributed by atoms with E-state index in [0.29, 0.717) is 17.7 Å². The summed E-state index contributed by atoms with van der Waals surface area (Å²) in [5, 5.41) is 12.7. The minimum absolute atomic E-state index is 0.216. The van der Waals surface area contributed by atoms with Gasteiger partial charge in [-0.3, -0.25) is 14.4 Å². The van der Waals surface area contributed by atoms with Gasteiger partial charge in [0.2, 0.25) is 5.91 Å². The van der Waals surface area contributed by atoms with E-state index in [0.717, 1.165) is 10.8 Å². The number of esters is 1. The Morgan fingerprint density at radius 3 is 2.51 bits per heavy atom. The Morgan fingerprint density at radius 2 is 1.71 bits per heavy atom. The molecular weight excluding hydrogens is 520 g/mol. The Kier molecular flexibility index (Phi) is 6.25. The minimum atomic E-state index is -1.41. The third-order valence-electron chi connectivity index (χ3n) is 8.80. The number of fused-ring (bicyclic) bond motifs is 3. The average Bonchev–Trinajstić information content (AvgIpc) is 3.37. The van der Waals surface area contributed by atoms with E-state index in [-0.39, 0.29) is 19.1 Å². The third kappa shape index (κ3) is 3.93. The number of carbonyl (C=O) groups is 3. The zero-order valence-corrected chi connectivity index (χ0v) is 22.3. The van der Waals surface area contributed by atoms with E-state index in [1.165, 1.54) is 4.90 Å². The van der Waals surface area contributed by atoms with Gasteiger partial charge in [-0.05, 0) is 34.9 Å². The molecular formula is C33H30N2O6. The summed E-state index contributed by atoms with van der Waals surface area (Å²) in [6.07, 6.45) is 7.19. The number of amides is 2. The summed E-state index contributed by atoms with van der Waals surface area (Å²) in [4.78, 5) is 45.7. The molecule has 3 aromatic rings. The zero-order valence-electron chi connectivity index (χ0n) is 22.3. The minimum Gasteiger partial charge on any atom is -0.465 e. The van der Waals surface area contributed by atoms with Gasteiger partial charge in [-0.15, -0.1) is 0 Å². The van der Waals surface area contributed by atoms with Crippen LogP contribution in [0.25, 0.3) is 10.8 Å². The van der Waals surface area contributed by atoms with Crippen molar-refractivity contribution in [1.82, 2.24) is 4.90 Å². The van der Waals surface area contributed by atoms with Crippen LogP contribution in [0.5, 0.6) is 0 Å². The summed E-state index contributed by atoms with van der Waals surface area (Å²) >= 11 is 0. The standard InChI is InChI=1S/C33H30N2O6/c36-20-25(22-10-2-1-3-11-22)35-29-31(38)34(24-15-14-21-9-4-5-12-23(21)19-24)17-8-16-33(29)28(30(35)37)27-26(41-33)13-6-7-18-40-32(27)39/h1-6,8-16,19,25-29,36H,7,17-18,20H2/t25-,26+,27-,28+,29?,33+/m1/s1. The fourth-order valence-electron chi connectivity index (χ4n) is 6.99. The van der Waals surface area contributed by atoms with Crippen molar-refractivity contribution in [2.24, 2.45) is 11.8 Å². The van der Waals surface area contributed by atoms with Crippen molar-refractivity contribution in [3.63, 3.8) is 0 Å². The maximum Gasteiger partial charge on any atom is 0.312 e. The lowest BCUT2D eigenvalue weighted by atomic mass is 9.77. The van der Waals surface area contributed by atoms with Crippen LogP contribution in [0.3, 0.4) is 0 Å². The van der Waals surface area contributed by atoms with E-state index < -0.39 is 54.1 Å². The van der Waals surface area contributed by atoms with Crippen molar-refractivity contribution in [3.05, 3.63) is 103 Å². The normalized spacial score (nSPS) is 29.8. The van der Waals surface area contributed by atoms with Crippen molar-refractivity contribution in [3.8, 4) is 0 Å². The molecule has 0 aromatic heterocycles. The molecule has 8 nitrogen and oxygen atoms in total. The van der Waals surface area contributed by atoms with Crippen molar-refractivity contribution >= 4 is 34.2 Å². The molecule has 2 amide bonds. The molecule has 0 radical (unpaired) electrons. The molecule has 7 rings (SSSR count). The number of aliphatic hydroxyl groups excluding tert-OH is 1. The molecule has 4 aliphatic heterocycles.